The Kier molecular flexibility index (Phi) is 3.38. The minimum absolute atomic E-state index is 0.0635. The van der Waals surface area contributed by atoms with Gasteiger partial charge in [-0.15, -0.1) is 0 Å². The van der Waals surface area contributed by atoms with Crippen LogP contribution in [0.3, 0.4) is 0 Å². The standard InChI is InChI=1S/C20H26N2O3/c23-17(11-22-18(24)15-3-1-2-4-16(15)19(22)25)21-20-8-12-5-13(9-20)7-14(6-12)10-20/h1-2,12-16H,3-11H2,(H,21,23). The largest absolute Gasteiger partial charge is 0.349 e. The quantitative estimate of drug-likeness (QED) is 0.630. The molecular weight excluding hydrogens is 316 g/mol. The van der Waals surface area contributed by atoms with Crippen LogP contribution in [0.25, 0.3) is 0 Å². The van der Waals surface area contributed by atoms with Crippen LogP contribution in [0.15, 0.2) is 12.2 Å². The molecule has 0 aromatic rings. The van der Waals surface area contributed by atoms with Crippen molar-refractivity contribution in [3.63, 3.8) is 0 Å². The van der Waals surface area contributed by atoms with E-state index in [9.17, 15) is 14.4 Å². The van der Waals surface area contributed by atoms with Gasteiger partial charge in [0.2, 0.25) is 17.7 Å². The molecule has 0 radical (unpaired) electrons. The zero-order valence-corrected chi connectivity index (χ0v) is 14.6. The number of hydrogen-bond donors (Lipinski definition) is 1. The number of fused-ring (bicyclic) bond motifs is 1. The zero-order chi connectivity index (χ0) is 17.2. The summed E-state index contributed by atoms with van der Waals surface area (Å²) in [6.45, 7) is -0.0909. The summed E-state index contributed by atoms with van der Waals surface area (Å²) in [4.78, 5) is 39.0. The fourth-order valence-electron chi connectivity index (χ4n) is 6.77. The van der Waals surface area contributed by atoms with E-state index < -0.39 is 0 Å². The fraction of sp³-hybridized carbons (Fsp3) is 0.750. The van der Waals surface area contributed by atoms with E-state index >= 15 is 0 Å². The third-order valence-electron chi connectivity index (χ3n) is 7.34. The molecule has 25 heavy (non-hydrogen) atoms. The number of likely N-dealkylation sites (tertiary alicyclic amines) is 1. The first-order chi connectivity index (χ1) is 12.0. The summed E-state index contributed by atoms with van der Waals surface area (Å²) in [6, 6.07) is 0. The van der Waals surface area contributed by atoms with Gasteiger partial charge >= 0.3 is 0 Å². The van der Waals surface area contributed by atoms with Crippen molar-refractivity contribution in [2.75, 3.05) is 6.54 Å². The van der Waals surface area contributed by atoms with Crippen molar-refractivity contribution in [1.82, 2.24) is 10.2 Å². The second-order valence-corrected chi connectivity index (χ2v) is 9.16. The molecule has 4 bridgehead atoms. The number of carbonyl (C=O) groups excluding carboxylic acids is 3. The topological polar surface area (TPSA) is 66.5 Å². The third-order valence-corrected chi connectivity index (χ3v) is 7.34. The Labute approximate surface area is 148 Å². The summed E-state index contributed by atoms with van der Waals surface area (Å²) in [5.41, 5.74) is -0.0635. The highest BCUT2D eigenvalue weighted by molar-refractivity contribution is 6.07. The van der Waals surface area contributed by atoms with Crippen molar-refractivity contribution in [1.29, 1.82) is 0 Å². The number of amides is 3. The van der Waals surface area contributed by atoms with Crippen LogP contribution in [0.5, 0.6) is 0 Å². The van der Waals surface area contributed by atoms with Crippen molar-refractivity contribution in [2.24, 2.45) is 29.6 Å². The molecule has 134 valence electrons. The van der Waals surface area contributed by atoms with E-state index in [2.05, 4.69) is 5.32 Å². The van der Waals surface area contributed by atoms with Crippen LogP contribution in [0.2, 0.25) is 0 Å². The molecule has 5 heteroatoms. The van der Waals surface area contributed by atoms with E-state index in [-0.39, 0.29) is 41.6 Å². The van der Waals surface area contributed by atoms with Gasteiger partial charge in [-0.1, -0.05) is 12.2 Å². The Morgan fingerprint density at radius 2 is 1.44 bits per heavy atom. The molecule has 0 aromatic carbocycles. The van der Waals surface area contributed by atoms with Crippen molar-refractivity contribution in [3.8, 4) is 0 Å². The van der Waals surface area contributed by atoms with Gasteiger partial charge in [0, 0.05) is 5.54 Å². The SMILES string of the molecule is O=C(CN1C(=O)C2CC=CCC2C1=O)NC12CC3CC(CC(C3)C1)C2. The smallest absolute Gasteiger partial charge is 0.240 e. The van der Waals surface area contributed by atoms with Gasteiger partial charge in [0.05, 0.1) is 11.8 Å². The van der Waals surface area contributed by atoms with Crippen LogP contribution in [-0.4, -0.2) is 34.7 Å². The van der Waals surface area contributed by atoms with Crippen LogP contribution in [-0.2, 0) is 14.4 Å². The molecule has 2 unspecified atom stereocenters. The summed E-state index contributed by atoms with van der Waals surface area (Å²) in [5.74, 6) is 1.34. The predicted octanol–water partition coefficient (Wildman–Crippen LogP) is 2.02. The highest BCUT2D eigenvalue weighted by Crippen LogP contribution is 2.55. The number of nitrogens with zero attached hydrogens (tertiary/aromatic N) is 1. The van der Waals surface area contributed by atoms with E-state index in [0.29, 0.717) is 12.8 Å². The van der Waals surface area contributed by atoms with Gasteiger partial charge in [0.25, 0.3) is 0 Å². The molecule has 2 atom stereocenters. The van der Waals surface area contributed by atoms with Crippen LogP contribution in [0.1, 0.15) is 51.4 Å². The highest BCUT2D eigenvalue weighted by atomic mass is 16.2. The van der Waals surface area contributed by atoms with Crippen molar-refractivity contribution in [3.05, 3.63) is 12.2 Å². The first-order valence-electron chi connectivity index (χ1n) is 9.84. The lowest BCUT2D eigenvalue weighted by Crippen LogP contribution is -2.61. The minimum Gasteiger partial charge on any atom is -0.349 e. The molecule has 1 aliphatic heterocycles. The molecule has 6 rings (SSSR count). The third kappa shape index (κ3) is 2.46. The summed E-state index contributed by atoms with van der Waals surface area (Å²) in [6.07, 6.45) is 12.4. The lowest BCUT2D eigenvalue weighted by atomic mass is 9.53. The van der Waals surface area contributed by atoms with E-state index in [0.717, 1.165) is 37.0 Å². The molecule has 5 nitrogen and oxygen atoms in total. The van der Waals surface area contributed by atoms with E-state index in [1.807, 2.05) is 12.2 Å². The van der Waals surface area contributed by atoms with E-state index in [4.69, 9.17) is 0 Å². The zero-order valence-electron chi connectivity index (χ0n) is 14.6. The van der Waals surface area contributed by atoms with Gasteiger partial charge < -0.3 is 5.32 Å². The lowest BCUT2D eigenvalue weighted by molar-refractivity contribution is -0.145. The Morgan fingerprint density at radius 3 is 1.92 bits per heavy atom. The highest BCUT2D eigenvalue weighted by Gasteiger charge is 2.52. The van der Waals surface area contributed by atoms with Gasteiger partial charge in [0.15, 0.2) is 0 Å². The molecule has 0 aromatic heterocycles. The van der Waals surface area contributed by atoms with Crippen LogP contribution in [0.4, 0.5) is 0 Å². The minimum atomic E-state index is -0.246. The van der Waals surface area contributed by atoms with E-state index in [1.54, 1.807) is 0 Å². The van der Waals surface area contributed by atoms with Gasteiger partial charge in [-0.25, -0.2) is 0 Å². The Balaban J connectivity index is 1.27. The van der Waals surface area contributed by atoms with Crippen LogP contribution < -0.4 is 5.32 Å². The average Bonchev–Trinajstić information content (AvgIpc) is 2.78. The Bertz CT molecular complexity index is 607. The molecule has 4 saturated carbocycles. The van der Waals surface area contributed by atoms with Gasteiger partial charge in [-0.2, -0.15) is 0 Å². The average molecular weight is 342 g/mol. The summed E-state index contributed by atoms with van der Waals surface area (Å²) < 4.78 is 0. The summed E-state index contributed by atoms with van der Waals surface area (Å²) in [7, 11) is 0. The fourth-order valence-corrected chi connectivity index (χ4v) is 6.77. The van der Waals surface area contributed by atoms with Gasteiger partial charge in [0.1, 0.15) is 6.54 Å². The Hall–Kier alpha value is -1.65. The van der Waals surface area contributed by atoms with E-state index in [1.165, 1.54) is 24.2 Å². The maximum atomic E-state index is 12.7. The molecular formula is C20H26N2O3. The second-order valence-electron chi connectivity index (χ2n) is 9.16. The van der Waals surface area contributed by atoms with Crippen molar-refractivity contribution < 1.29 is 14.4 Å². The van der Waals surface area contributed by atoms with Gasteiger partial charge in [-0.3, -0.25) is 19.3 Å². The maximum Gasteiger partial charge on any atom is 0.240 e. The number of allylic oxidation sites excluding steroid dienone is 2. The number of nitrogens with one attached hydrogen (secondary N) is 1. The predicted molar refractivity (Wildman–Crippen MR) is 91.1 cm³/mol. The lowest BCUT2D eigenvalue weighted by Gasteiger charge is -2.57. The molecule has 6 aliphatic rings. The number of rotatable bonds is 3. The monoisotopic (exact) mass is 342 g/mol. The first-order valence-corrected chi connectivity index (χ1v) is 9.84. The van der Waals surface area contributed by atoms with Crippen LogP contribution >= 0.6 is 0 Å². The molecule has 1 N–H and O–H groups in total. The molecule has 3 amide bonds. The summed E-state index contributed by atoms with van der Waals surface area (Å²) >= 11 is 0. The molecule has 5 aliphatic carbocycles. The number of hydrogen-bond acceptors (Lipinski definition) is 3. The van der Waals surface area contributed by atoms with Crippen molar-refractivity contribution >= 4 is 17.7 Å². The first kappa shape index (κ1) is 15.6. The molecule has 1 saturated heterocycles. The normalized spacial score (nSPS) is 44.3. The van der Waals surface area contributed by atoms with Crippen molar-refractivity contribution in [2.45, 2.75) is 56.9 Å². The molecule has 5 fully saturated rings. The number of carbonyl (C=O) groups is 3. The second kappa shape index (κ2) is 5.42. The molecule has 0 spiro atoms. The summed E-state index contributed by atoms with van der Waals surface area (Å²) in [5, 5.41) is 3.27. The molecule has 1 heterocycles. The maximum absolute atomic E-state index is 12.7. The van der Waals surface area contributed by atoms with Crippen LogP contribution in [0, 0.1) is 29.6 Å². The number of imide groups is 1. The van der Waals surface area contributed by atoms with Gasteiger partial charge in [-0.05, 0) is 69.1 Å². The Morgan fingerprint density at radius 1 is 0.960 bits per heavy atom.